The smallest absolute Gasteiger partial charge is 0.406 e. The van der Waals surface area contributed by atoms with E-state index >= 15 is 0 Å². The molecular weight excluding hydrogens is 440 g/mol. The predicted octanol–water partition coefficient (Wildman–Crippen LogP) is 6.17. The molecule has 0 unspecified atom stereocenters. The van der Waals surface area contributed by atoms with Gasteiger partial charge in [-0.25, -0.2) is 9.48 Å². The molecule has 0 bridgehead atoms. The number of para-hydroxylation sites is 1. The summed E-state index contributed by atoms with van der Waals surface area (Å²) in [5.74, 6) is -0.987. The number of alkyl halides is 6. The highest BCUT2D eigenvalue weighted by Gasteiger charge is 2.41. The zero-order valence-electron chi connectivity index (χ0n) is 14.6. The van der Waals surface area contributed by atoms with Crippen molar-refractivity contribution in [1.29, 1.82) is 0 Å². The largest absolute Gasteiger partial charge is 0.437 e. The first-order valence-electron chi connectivity index (χ1n) is 8.03. The second kappa shape index (κ2) is 7.90. The van der Waals surface area contributed by atoms with Gasteiger partial charge >= 0.3 is 18.4 Å². The SMILES string of the molecule is O=C(Nc1ccccc1C(F)(F)F)Oc1cnn(-c2ccc(Cl)cc2)c1C(F)(F)F. The van der Waals surface area contributed by atoms with Gasteiger partial charge < -0.3 is 4.74 Å². The highest BCUT2D eigenvalue weighted by atomic mass is 35.5. The normalized spacial score (nSPS) is 12.0. The highest BCUT2D eigenvalue weighted by molar-refractivity contribution is 6.30. The summed E-state index contributed by atoms with van der Waals surface area (Å²) in [6, 6.07) is 9.13. The number of rotatable bonds is 3. The molecule has 0 aliphatic heterocycles. The quantitative estimate of drug-likeness (QED) is 0.486. The average molecular weight is 450 g/mol. The number of aromatic nitrogens is 2. The highest BCUT2D eigenvalue weighted by Crippen LogP contribution is 2.38. The topological polar surface area (TPSA) is 56.1 Å². The second-order valence-electron chi connectivity index (χ2n) is 5.80. The number of carbonyl (C=O) groups excluding carboxylic acids is 1. The fraction of sp³-hybridized carbons (Fsp3) is 0.111. The van der Waals surface area contributed by atoms with Crippen molar-refractivity contribution < 1.29 is 35.9 Å². The molecule has 1 N–H and O–H groups in total. The van der Waals surface area contributed by atoms with Crippen molar-refractivity contribution in [2.24, 2.45) is 0 Å². The van der Waals surface area contributed by atoms with E-state index < -0.39 is 41.1 Å². The maximum absolute atomic E-state index is 13.6. The number of nitrogens with one attached hydrogen (secondary N) is 1. The van der Waals surface area contributed by atoms with Crippen LogP contribution in [-0.2, 0) is 12.4 Å². The van der Waals surface area contributed by atoms with Gasteiger partial charge in [-0.2, -0.15) is 31.4 Å². The maximum Gasteiger partial charge on any atom is 0.437 e. The van der Waals surface area contributed by atoms with Crippen molar-refractivity contribution >= 4 is 23.4 Å². The third-order valence-corrected chi connectivity index (χ3v) is 4.00. The number of benzene rings is 2. The Bertz CT molecular complexity index is 1060. The summed E-state index contributed by atoms with van der Waals surface area (Å²) in [6.45, 7) is 0. The summed E-state index contributed by atoms with van der Waals surface area (Å²) < 4.78 is 84.8. The molecule has 2 aromatic carbocycles. The van der Waals surface area contributed by atoms with E-state index in [0.717, 1.165) is 12.1 Å². The molecule has 30 heavy (non-hydrogen) atoms. The number of amides is 1. The molecule has 3 aromatic rings. The van der Waals surface area contributed by atoms with Crippen molar-refractivity contribution in [1.82, 2.24) is 9.78 Å². The fourth-order valence-corrected chi connectivity index (χ4v) is 2.65. The third kappa shape index (κ3) is 4.67. The van der Waals surface area contributed by atoms with Crippen LogP contribution in [0.5, 0.6) is 5.75 Å². The van der Waals surface area contributed by atoms with E-state index in [9.17, 15) is 31.1 Å². The Morgan fingerprint density at radius 3 is 2.20 bits per heavy atom. The second-order valence-corrected chi connectivity index (χ2v) is 6.24. The Morgan fingerprint density at radius 2 is 1.60 bits per heavy atom. The maximum atomic E-state index is 13.6. The zero-order chi connectivity index (χ0) is 22.1. The molecule has 1 heterocycles. The minimum absolute atomic E-state index is 0.0237. The molecule has 12 heteroatoms. The lowest BCUT2D eigenvalue weighted by molar-refractivity contribution is -0.143. The molecule has 1 aromatic heterocycles. The molecule has 158 valence electrons. The Hall–Kier alpha value is -3.21. The summed E-state index contributed by atoms with van der Waals surface area (Å²) in [6.07, 6.45) is -10.7. The van der Waals surface area contributed by atoms with E-state index in [1.807, 2.05) is 0 Å². The van der Waals surface area contributed by atoms with Gasteiger partial charge in [-0.15, -0.1) is 0 Å². The first kappa shape index (κ1) is 21.5. The van der Waals surface area contributed by atoms with E-state index in [4.69, 9.17) is 11.6 Å². The fourth-order valence-electron chi connectivity index (χ4n) is 2.52. The Kier molecular flexibility index (Phi) is 5.66. The first-order valence-corrected chi connectivity index (χ1v) is 8.41. The lowest BCUT2D eigenvalue weighted by Gasteiger charge is -2.14. The zero-order valence-corrected chi connectivity index (χ0v) is 15.3. The third-order valence-electron chi connectivity index (χ3n) is 3.75. The lowest BCUT2D eigenvalue weighted by Crippen LogP contribution is -2.22. The van der Waals surface area contributed by atoms with Gasteiger partial charge in [-0.1, -0.05) is 23.7 Å². The van der Waals surface area contributed by atoms with Gasteiger partial charge in [0.05, 0.1) is 23.1 Å². The van der Waals surface area contributed by atoms with E-state index in [1.165, 1.54) is 30.3 Å². The number of carbonyl (C=O) groups is 1. The number of anilines is 1. The van der Waals surface area contributed by atoms with Crippen LogP contribution < -0.4 is 10.1 Å². The van der Waals surface area contributed by atoms with Gasteiger partial charge in [0, 0.05) is 5.02 Å². The van der Waals surface area contributed by atoms with Crippen molar-refractivity contribution in [2.45, 2.75) is 12.4 Å². The Labute approximate surface area is 169 Å². The lowest BCUT2D eigenvalue weighted by atomic mass is 10.2. The minimum Gasteiger partial charge on any atom is -0.406 e. The number of halogens is 7. The van der Waals surface area contributed by atoms with E-state index in [0.29, 0.717) is 16.9 Å². The van der Waals surface area contributed by atoms with E-state index in [-0.39, 0.29) is 10.7 Å². The van der Waals surface area contributed by atoms with E-state index in [2.05, 4.69) is 9.84 Å². The van der Waals surface area contributed by atoms with Crippen LogP contribution in [0, 0.1) is 0 Å². The molecule has 0 aliphatic rings. The number of hydrogen-bond donors (Lipinski definition) is 1. The van der Waals surface area contributed by atoms with Crippen LogP contribution in [0.15, 0.2) is 54.7 Å². The van der Waals surface area contributed by atoms with Gasteiger partial charge in [0.2, 0.25) is 0 Å². The minimum atomic E-state index is -4.99. The molecule has 5 nitrogen and oxygen atoms in total. The van der Waals surface area contributed by atoms with Crippen molar-refractivity contribution in [3.63, 3.8) is 0 Å². The molecule has 0 atom stereocenters. The van der Waals surface area contributed by atoms with Crippen LogP contribution in [0.3, 0.4) is 0 Å². The molecule has 1 amide bonds. The summed E-state index contributed by atoms with van der Waals surface area (Å²) in [7, 11) is 0. The van der Waals surface area contributed by atoms with E-state index in [1.54, 1.807) is 5.32 Å². The van der Waals surface area contributed by atoms with Crippen LogP contribution in [0.2, 0.25) is 5.02 Å². The van der Waals surface area contributed by atoms with Crippen molar-refractivity contribution in [3.8, 4) is 11.4 Å². The molecule has 0 spiro atoms. The summed E-state index contributed by atoms with van der Waals surface area (Å²) in [4.78, 5) is 12.0. The van der Waals surface area contributed by atoms with Gasteiger partial charge in [0.25, 0.3) is 0 Å². The van der Waals surface area contributed by atoms with Crippen LogP contribution in [0.4, 0.5) is 36.8 Å². The van der Waals surface area contributed by atoms with Gasteiger partial charge in [0.1, 0.15) is 0 Å². The number of hydrogen-bond acceptors (Lipinski definition) is 3. The first-order chi connectivity index (χ1) is 14.0. The number of nitrogens with zero attached hydrogens (tertiary/aromatic N) is 2. The molecule has 0 saturated carbocycles. The van der Waals surface area contributed by atoms with Gasteiger partial charge in [-0.05, 0) is 36.4 Å². The molecular formula is C18H10ClF6N3O2. The Morgan fingerprint density at radius 1 is 0.967 bits per heavy atom. The molecule has 0 radical (unpaired) electrons. The van der Waals surface area contributed by atoms with Gasteiger partial charge in [0.15, 0.2) is 11.4 Å². The van der Waals surface area contributed by atoms with Crippen molar-refractivity contribution in [2.75, 3.05) is 5.32 Å². The van der Waals surface area contributed by atoms with Crippen molar-refractivity contribution in [3.05, 3.63) is 71.0 Å². The molecule has 3 rings (SSSR count). The molecule has 0 fully saturated rings. The predicted molar refractivity (Wildman–Crippen MR) is 94.7 cm³/mol. The summed E-state index contributed by atoms with van der Waals surface area (Å²) >= 11 is 5.72. The Balaban J connectivity index is 1.91. The number of ether oxygens (including phenoxy) is 1. The van der Waals surface area contributed by atoms with Crippen LogP contribution in [0.25, 0.3) is 5.69 Å². The van der Waals surface area contributed by atoms with Crippen LogP contribution in [0.1, 0.15) is 11.3 Å². The summed E-state index contributed by atoms with van der Waals surface area (Å²) in [5.41, 5.74) is -3.31. The molecule has 0 aliphatic carbocycles. The average Bonchev–Trinajstić information content (AvgIpc) is 3.05. The molecule has 0 saturated heterocycles. The standard InChI is InChI=1S/C18H10ClF6N3O2/c19-10-5-7-11(8-6-10)28-15(18(23,24)25)14(9-26-28)30-16(29)27-13-4-2-1-3-12(13)17(20,21)22/h1-9H,(H,27,29). The summed E-state index contributed by atoms with van der Waals surface area (Å²) in [5, 5.41) is 5.64. The van der Waals surface area contributed by atoms with Crippen LogP contribution in [-0.4, -0.2) is 15.9 Å². The van der Waals surface area contributed by atoms with Gasteiger partial charge in [-0.3, -0.25) is 5.32 Å². The monoisotopic (exact) mass is 449 g/mol. The van der Waals surface area contributed by atoms with Crippen LogP contribution >= 0.6 is 11.6 Å².